The van der Waals surface area contributed by atoms with Gasteiger partial charge in [0, 0.05) is 6.54 Å². The van der Waals surface area contributed by atoms with Crippen LogP contribution in [0, 0.1) is 0 Å². The monoisotopic (exact) mass is 270 g/mol. The summed E-state index contributed by atoms with van der Waals surface area (Å²) in [6.07, 6.45) is 0.987. The molecule has 7 heteroatoms. The first kappa shape index (κ1) is 12.4. The Kier molecular flexibility index (Phi) is 3.18. The Morgan fingerprint density at radius 3 is 2.85 bits per heavy atom. The SMILES string of the molecule is Nc1nc(NCC(O)c2ccccc2)c2cn[nH]c2n1. The second kappa shape index (κ2) is 5.14. The summed E-state index contributed by atoms with van der Waals surface area (Å²) in [5.41, 5.74) is 7.03. The van der Waals surface area contributed by atoms with Crippen LogP contribution >= 0.6 is 0 Å². The van der Waals surface area contributed by atoms with Crippen LogP contribution in [-0.4, -0.2) is 31.8 Å². The number of nitrogens with one attached hydrogen (secondary N) is 2. The molecule has 3 aromatic rings. The summed E-state index contributed by atoms with van der Waals surface area (Å²) in [4.78, 5) is 8.15. The number of H-pyrrole nitrogens is 1. The molecular formula is C13H14N6O. The second-order valence-corrected chi connectivity index (χ2v) is 4.37. The molecule has 7 nitrogen and oxygen atoms in total. The lowest BCUT2D eigenvalue weighted by Gasteiger charge is -2.13. The van der Waals surface area contributed by atoms with Crippen LogP contribution in [0.4, 0.5) is 11.8 Å². The smallest absolute Gasteiger partial charge is 0.224 e. The topological polar surface area (TPSA) is 113 Å². The van der Waals surface area contributed by atoms with E-state index in [0.717, 1.165) is 10.9 Å². The van der Waals surface area contributed by atoms with Crippen LogP contribution in [0.3, 0.4) is 0 Å². The largest absolute Gasteiger partial charge is 0.387 e. The van der Waals surface area contributed by atoms with Gasteiger partial charge in [0.05, 0.1) is 17.7 Å². The van der Waals surface area contributed by atoms with Crippen LogP contribution < -0.4 is 11.1 Å². The highest BCUT2D eigenvalue weighted by molar-refractivity contribution is 5.86. The quantitative estimate of drug-likeness (QED) is 0.564. The van der Waals surface area contributed by atoms with Crippen molar-refractivity contribution in [2.75, 3.05) is 17.6 Å². The molecule has 0 amide bonds. The van der Waals surface area contributed by atoms with Crippen molar-refractivity contribution in [1.29, 1.82) is 0 Å². The van der Waals surface area contributed by atoms with E-state index in [1.54, 1.807) is 6.20 Å². The Bertz CT molecular complexity index is 711. The summed E-state index contributed by atoms with van der Waals surface area (Å²) in [6.45, 7) is 0.320. The maximum absolute atomic E-state index is 10.1. The predicted molar refractivity (Wildman–Crippen MR) is 76.0 cm³/mol. The molecule has 0 fully saturated rings. The van der Waals surface area contributed by atoms with Gasteiger partial charge in [-0.05, 0) is 5.56 Å². The fraction of sp³-hybridized carbons (Fsp3) is 0.154. The highest BCUT2D eigenvalue weighted by Gasteiger charge is 2.11. The van der Waals surface area contributed by atoms with E-state index in [0.29, 0.717) is 18.0 Å². The van der Waals surface area contributed by atoms with Crippen molar-refractivity contribution in [2.24, 2.45) is 0 Å². The molecule has 5 N–H and O–H groups in total. The number of hydrogen-bond acceptors (Lipinski definition) is 6. The Morgan fingerprint density at radius 2 is 2.05 bits per heavy atom. The minimum absolute atomic E-state index is 0.151. The molecule has 0 bridgehead atoms. The molecule has 1 unspecified atom stereocenters. The fourth-order valence-corrected chi connectivity index (χ4v) is 1.97. The third-order valence-electron chi connectivity index (χ3n) is 2.97. The van der Waals surface area contributed by atoms with E-state index in [9.17, 15) is 5.11 Å². The van der Waals surface area contributed by atoms with Crippen molar-refractivity contribution >= 4 is 22.8 Å². The molecule has 0 aliphatic heterocycles. The number of nitrogens with zero attached hydrogens (tertiary/aromatic N) is 3. The zero-order valence-electron chi connectivity index (χ0n) is 10.6. The minimum atomic E-state index is -0.630. The predicted octanol–water partition coefficient (Wildman–Crippen LogP) is 1.08. The van der Waals surface area contributed by atoms with Crippen LogP contribution in [-0.2, 0) is 0 Å². The zero-order chi connectivity index (χ0) is 13.9. The molecular weight excluding hydrogens is 256 g/mol. The van der Waals surface area contributed by atoms with Gasteiger partial charge in [-0.15, -0.1) is 0 Å². The summed E-state index contributed by atoms with van der Waals surface area (Å²) in [7, 11) is 0. The number of aromatic amines is 1. The average Bonchev–Trinajstić information content (AvgIpc) is 2.93. The molecule has 0 aliphatic carbocycles. The van der Waals surface area contributed by atoms with E-state index in [4.69, 9.17) is 5.73 Å². The average molecular weight is 270 g/mol. The van der Waals surface area contributed by atoms with Crippen LogP contribution in [0.2, 0.25) is 0 Å². The van der Waals surface area contributed by atoms with Gasteiger partial charge in [0.15, 0.2) is 5.65 Å². The number of aliphatic hydroxyl groups is 1. The summed E-state index contributed by atoms with van der Waals surface area (Å²) >= 11 is 0. The number of fused-ring (bicyclic) bond motifs is 1. The molecule has 0 saturated carbocycles. The lowest BCUT2D eigenvalue weighted by Crippen LogP contribution is -2.13. The molecule has 0 aliphatic rings. The minimum Gasteiger partial charge on any atom is -0.387 e. The molecule has 102 valence electrons. The van der Waals surface area contributed by atoms with E-state index in [1.807, 2.05) is 30.3 Å². The van der Waals surface area contributed by atoms with E-state index in [2.05, 4.69) is 25.5 Å². The first-order chi connectivity index (χ1) is 9.74. The van der Waals surface area contributed by atoms with E-state index >= 15 is 0 Å². The van der Waals surface area contributed by atoms with Crippen LogP contribution in [0.15, 0.2) is 36.5 Å². The van der Waals surface area contributed by atoms with Crippen molar-refractivity contribution in [3.05, 3.63) is 42.1 Å². The van der Waals surface area contributed by atoms with Crippen LogP contribution in [0.1, 0.15) is 11.7 Å². The molecule has 0 radical (unpaired) electrons. The molecule has 0 spiro atoms. The van der Waals surface area contributed by atoms with Crippen LogP contribution in [0.5, 0.6) is 0 Å². The second-order valence-electron chi connectivity index (χ2n) is 4.37. The molecule has 1 atom stereocenters. The normalized spacial score (nSPS) is 12.4. The molecule has 0 saturated heterocycles. The van der Waals surface area contributed by atoms with Crippen molar-refractivity contribution < 1.29 is 5.11 Å². The molecule has 3 rings (SSSR count). The van der Waals surface area contributed by atoms with Crippen molar-refractivity contribution in [3.8, 4) is 0 Å². The number of hydrogen-bond donors (Lipinski definition) is 4. The van der Waals surface area contributed by atoms with Crippen molar-refractivity contribution in [3.63, 3.8) is 0 Å². The van der Waals surface area contributed by atoms with E-state index in [-0.39, 0.29) is 5.95 Å². The van der Waals surface area contributed by atoms with Gasteiger partial charge in [0.25, 0.3) is 0 Å². The van der Waals surface area contributed by atoms with Gasteiger partial charge in [-0.25, -0.2) is 0 Å². The number of aliphatic hydroxyl groups excluding tert-OH is 1. The van der Waals surface area contributed by atoms with Crippen molar-refractivity contribution in [1.82, 2.24) is 20.2 Å². The van der Waals surface area contributed by atoms with Gasteiger partial charge < -0.3 is 16.2 Å². The third kappa shape index (κ3) is 2.39. The molecule has 20 heavy (non-hydrogen) atoms. The van der Waals surface area contributed by atoms with E-state index < -0.39 is 6.10 Å². The summed E-state index contributed by atoms with van der Waals surface area (Å²) in [6, 6.07) is 9.41. The molecule has 2 heterocycles. The van der Waals surface area contributed by atoms with Gasteiger partial charge >= 0.3 is 0 Å². The summed E-state index contributed by atoms with van der Waals surface area (Å²) in [5, 5.41) is 20.6. The van der Waals surface area contributed by atoms with Gasteiger partial charge in [-0.1, -0.05) is 30.3 Å². The standard InChI is InChI=1S/C13H14N6O/c14-13-17-11(9-6-16-19-12(9)18-13)15-7-10(20)8-4-2-1-3-5-8/h1-6,10,20H,7H2,(H4,14,15,16,17,18,19). The van der Waals surface area contributed by atoms with Crippen LogP contribution in [0.25, 0.3) is 11.0 Å². The summed E-state index contributed by atoms with van der Waals surface area (Å²) in [5.74, 6) is 0.703. The number of rotatable bonds is 4. The van der Waals surface area contributed by atoms with Gasteiger partial charge in [0.2, 0.25) is 5.95 Å². The number of benzene rings is 1. The molecule has 2 aromatic heterocycles. The first-order valence-corrected chi connectivity index (χ1v) is 6.17. The Balaban J connectivity index is 1.78. The number of nitrogen functional groups attached to an aromatic ring is 1. The Labute approximate surface area is 114 Å². The lowest BCUT2D eigenvalue weighted by atomic mass is 10.1. The highest BCUT2D eigenvalue weighted by Crippen LogP contribution is 2.20. The van der Waals surface area contributed by atoms with Crippen molar-refractivity contribution in [2.45, 2.75) is 6.10 Å². The van der Waals surface area contributed by atoms with Gasteiger partial charge in [-0.3, -0.25) is 5.10 Å². The number of nitrogens with two attached hydrogens (primary N) is 1. The zero-order valence-corrected chi connectivity index (χ0v) is 10.6. The maximum atomic E-state index is 10.1. The highest BCUT2D eigenvalue weighted by atomic mass is 16.3. The Morgan fingerprint density at radius 1 is 1.25 bits per heavy atom. The molecule has 1 aromatic carbocycles. The summed E-state index contributed by atoms with van der Waals surface area (Å²) < 4.78 is 0. The number of anilines is 2. The van der Waals surface area contributed by atoms with E-state index in [1.165, 1.54) is 0 Å². The maximum Gasteiger partial charge on any atom is 0.224 e. The third-order valence-corrected chi connectivity index (χ3v) is 2.97. The van der Waals surface area contributed by atoms with Gasteiger partial charge in [-0.2, -0.15) is 15.1 Å². The van der Waals surface area contributed by atoms with Gasteiger partial charge in [0.1, 0.15) is 5.82 Å². The Hall–Kier alpha value is -2.67. The number of aromatic nitrogens is 4. The fourth-order valence-electron chi connectivity index (χ4n) is 1.97. The lowest BCUT2D eigenvalue weighted by molar-refractivity contribution is 0.191. The first-order valence-electron chi connectivity index (χ1n) is 6.17.